The number of rotatable bonds is 5. The third-order valence-electron chi connectivity index (χ3n) is 3.35. The van der Waals surface area contributed by atoms with E-state index >= 15 is 0 Å². The molecule has 25 heavy (non-hydrogen) atoms. The molecule has 0 fully saturated rings. The van der Waals surface area contributed by atoms with Gasteiger partial charge < -0.3 is 19.7 Å². The van der Waals surface area contributed by atoms with Crippen LogP contribution in [-0.2, 0) is 11.3 Å². The first kappa shape index (κ1) is 18.9. The SMILES string of the molecule is CC(C)(C)OC(=O)NCCCn1cc(Cl)c2c(NC(=O)O)cccc21. The Bertz CT molecular complexity index is 780. The van der Waals surface area contributed by atoms with E-state index in [-0.39, 0.29) is 0 Å². The first-order chi connectivity index (χ1) is 11.7. The molecule has 0 saturated carbocycles. The maximum absolute atomic E-state index is 11.6. The van der Waals surface area contributed by atoms with Crippen LogP contribution in [0.1, 0.15) is 27.2 Å². The molecule has 0 spiro atoms. The van der Waals surface area contributed by atoms with Crippen LogP contribution < -0.4 is 10.6 Å². The largest absolute Gasteiger partial charge is 0.465 e. The molecule has 0 aliphatic heterocycles. The summed E-state index contributed by atoms with van der Waals surface area (Å²) in [5.41, 5.74) is 0.746. The zero-order valence-corrected chi connectivity index (χ0v) is 15.2. The molecular weight excluding hydrogens is 346 g/mol. The van der Waals surface area contributed by atoms with Crippen molar-refractivity contribution < 1.29 is 19.4 Å². The molecule has 0 unspecified atom stereocenters. The number of anilines is 1. The van der Waals surface area contributed by atoms with Crippen LogP contribution in [0.25, 0.3) is 10.9 Å². The molecule has 2 rings (SSSR count). The number of alkyl carbamates (subject to hydrolysis) is 1. The van der Waals surface area contributed by atoms with E-state index in [4.69, 9.17) is 21.4 Å². The van der Waals surface area contributed by atoms with E-state index < -0.39 is 17.8 Å². The standard InChI is InChI=1S/C17H22ClN3O4/c1-17(2,3)25-16(24)19-8-5-9-21-10-11(18)14-12(20-15(22)23)6-4-7-13(14)21/h4,6-7,10,20H,5,8-9H2,1-3H3,(H,19,24)(H,22,23). The van der Waals surface area contributed by atoms with E-state index in [1.54, 1.807) is 18.3 Å². The molecular formula is C17H22ClN3O4. The number of amides is 2. The molecule has 2 amide bonds. The highest BCUT2D eigenvalue weighted by Crippen LogP contribution is 2.32. The van der Waals surface area contributed by atoms with Gasteiger partial charge in [0.25, 0.3) is 0 Å². The van der Waals surface area contributed by atoms with Gasteiger partial charge in [0.2, 0.25) is 0 Å². The van der Waals surface area contributed by atoms with Crippen molar-refractivity contribution >= 4 is 40.4 Å². The molecule has 136 valence electrons. The highest BCUT2D eigenvalue weighted by molar-refractivity contribution is 6.37. The fourth-order valence-electron chi connectivity index (χ4n) is 2.46. The number of nitrogens with zero attached hydrogens (tertiary/aromatic N) is 1. The van der Waals surface area contributed by atoms with E-state index in [9.17, 15) is 9.59 Å². The normalized spacial score (nSPS) is 11.4. The Hall–Kier alpha value is -2.41. The number of carbonyl (C=O) groups is 2. The number of hydrogen-bond donors (Lipinski definition) is 3. The van der Waals surface area contributed by atoms with E-state index in [0.29, 0.717) is 35.6 Å². The van der Waals surface area contributed by atoms with Gasteiger partial charge in [0.05, 0.1) is 16.2 Å². The van der Waals surface area contributed by atoms with E-state index in [1.165, 1.54) is 0 Å². The summed E-state index contributed by atoms with van der Waals surface area (Å²) in [7, 11) is 0. The third kappa shape index (κ3) is 5.29. The van der Waals surface area contributed by atoms with Crippen LogP contribution in [0.2, 0.25) is 5.02 Å². The molecule has 0 saturated heterocycles. The van der Waals surface area contributed by atoms with Gasteiger partial charge in [0, 0.05) is 24.7 Å². The van der Waals surface area contributed by atoms with Gasteiger partial charge in [-0.25, -0.2) is 9.59 Å². The van der Waals surface area contributed by atoms with Crippen molar-refractivity contribution in [3.05, 3.63) is 29.4 Å². The molecule has 2 aromatic rings. The Morgan fingerprint density at radius 2 is 2.04 bits per heavy atom. The molecule has 0 radical (unpaired) electrons. The van der Waals surface area contributed by atoms with Crippen LogP contribution in [0.15, 0.2) is 24.4 Å². The maximum atomic E-state index is 11.6. The average Bonchev–Trinajstić information content (AvgIpc) is 2.79. The molecule has 0 atom stereocenters. The predicted octanol–water partition coefficient (Wildman–Crippen LogP) is 4.30. The van der Waals surface area contributed by atoms with Gasteiger partial charge in [-0.1, -0.05) is 17.7 Å². The minimum absolute atomic E-state index is 0.445. The summed E-state index contributed by atoms with van der Waals surface area (Å²) in [4.78, 5) is 22.5. The number of benzene rings is 1. The molecule has 1 aromatic carbocycles. The second kappa shape index (κ2) is 7.65. The fraction of sp³-hybridized carbons (Fsp3) is 0.412. The minimum atomic E-state index is -1.14. The number of carboxylic acid groups (broad SMARTS) is 1. The number of fused-ring (bicyclic) bond motifs is 1. The van der Waals surface area contributed by atoms with Crippen LogP contribution in [0.4, 0.5) is 15.3 Å². The number of carbonyl (C=O) groups excluding carboxylic acids is 1. The van der Waals surface area contributed by atoms with Gasteiger partial charge in [-0.05, 0) is 39.3 Å². The summed E-state index contributed by atoms with van der Waals surface area (Å²) >= 11 is 6.26. The molecule has 1 heterocycles. The number of aromatic nitrogens is 1. The van der Waals surface area contributed by atoms with Gasteiger partial charge in [-0.15, -0.1) is 0 Å². The van der Waals surface area contributed by atoms with Crippen molar-refractivity contribution in [2.75, 3.05) is 11.9 Å². The molecule has 1 aromatic heterocycles. The van der Waals surface area contributed by atoms with Gasteiger partial charge in [-0.2, -0.15) is 0 Å². The monoisotopic (exact) mass is 367 g/mol. The topological polar surface area (TPSA) is 92.6 Å². The number of ether oxygens (including phenoxy) is 1. The van der Waals surface area contributed by atoms with Gasteiger partial charge in [0.1, 0.15) is 5.60 Å². The lowest BCUT2D eigenvalue weighted by Gasteiger charge is -2.19. The maximum Gasteiger partial charge on any atom is 0.409 e. The van der Waals surface area contributed by atoms with Crippen LogP contribution in [-0.4, -0.2) is 34.0 Å². The molecule has 8 heteroatoms. The van der Waals surface area contributed by atoms with Gasteiger partial charge in [0.15, 0.2) is 0 Å². The number of nitrogens with one attached hydrogen (secondary N) is 2. The van der Waals surface area contributed by atoms with E-state index in [0.717, 1.165) is 5.52 Å². The lowest BCUT2D eigenvalue weighted by molar-refractivity contribution is 0.0526. The van der Waals surface area contributed by atoms with Crippen molar-refractivity contribution in [1.82, 2.24) is 9.88 Å². The highest BCUT2D eigenvalue weighted by atomic mass is 35.5. The van der Waals surface area contributed by atoms with Crippen molar-refractivity contribution in [2.24, 2.45) is 0 Å². The molecule has 7 nitrogen and oxygen atoms in total. The Balaban J connectivity index is 2.00. The minimum Gasteiger partial charge on any atom is -0.465 e. The summed E-state index contributed by atoms with van der Waals surface area (Å²) in [6.45, 7) is 6.50. The summed E-state index contributed by atoms with van der Waals surface area (Å²) in [5, 5.41) is 15.1. The van der Waals surface area contributed by atoms with Gasteiger partial charge in [-0.3, -0.25) is 5.32 Å². The van der Waals surface area contributed by atoms with Crippen LogP contribution in [0, 0.1) is 0 Å². The highest BCUT2D eigenvalue weighted by Gasteiger charge is 2.16. The summed E-state index contributed by atoms with van der Waals surface area (Å²) in [6.07, 6.45) is 0.844. The van der Waals surface area contributed by atoms with E-state index in [1.807, 2.05) is 31.4 Å². The number of aryl methyl sites for hydroxylation is 1. The zero-order valence-electron chi connectivity index (χ0n) is 14.4. The number of hydrogen-bond acceptors (Lipinski definition) is 3. The second-order valence-electron chi connectivity index (χ2n) is 6.58. The van der Waals surface area contributed by atoms with Crippen molar-refractivity contribution in [2.45, 2.75) is 39.3 Å². The van der Waals surface area contributed by atoms with E-state index in [2.05, 4.69) is 10.6 Å². The van der Waals surface area contributed by atoms with Crippen LogP contribution in [0.3, 0.4) is 0 Å². The molecule has 3 N–H and O–H groups in total. The summed E-state index contributed by atoms with van der Waals surface area (Å²) in [5.74, 6) is 0. The Morgan fingerprint density at radius 3 is 2.68 bits per heavy atom. The van der Waals surface area contributed by atoms with Crippen LogP contribution in [0.5, 0.6) is 0 Å². The number of halogens is 1. The molecule has 0 bridgehead atoms. The molecule has 0 aliphatic rings. The zero-order chi connectivity index (χ0) is 18.6. The lowest BCUT2D eigenvalue weighted by Crippen LogP contribution is -2.33. The van der Waals surface area contributed by atoms with Crippen molar-refractivity contribution in [3.63, 3.8) is 0 Å². The Morgan fingerprint density at radius 1 is 1.32 bits per heavy atom. The van der Waals surface area contributed by atoms with Crippen molar-refractivity contribution in [3.8, 4) is 0 Å². The molecule has 0 aliphatic carbocycles. The first-order valence-electron chi connectivity index (χ1n) is 7.91. The predicted molar refractivity (Wildman–Crippen MR) is 97.4 cm³/mol. The smallest absolute Gasteiger partial charge is 0.409 e. The quantitative estimate of drug-likeness (QED) is 0.687. The second-order valence-corrected chi connectivity index (χ2v) is 6.99. The van der Waals surface area contributed by atoms with Crippen LogP contribution >= 0.6 is 11.6 Å². The average molecular weight is 368 g/mol. The summed E-state index contributed by atoms with van der Waals surface area (Å²) in [6, 6.07) is 5.30. The Kier molecular flexibility index (Phi) is 5.79. The Labute approximate surface area is 150 Å². The lowest BCUT2D eigenvalue weighted by atomic mass is 10.2. The van der Waals surface area contributed by atoms with Gasteiger partial charge >= 0.3 is 12.2 Å². The first-order valence-corrected chi connectivity index (χ1v) is 8.29. The summed E-state index contributed by atoms with van der Waals surface area (Å²) < 4.78 is 7.11. The fourth-order valence-corrected chi connectivity index (χ4v) is 2.78. The third-order valence-corrected chi connectivity index (χ3v) is 3.63. The van der Waals surface area contributed by atoms with Crippen molar-refractivity contribution in [1.29, 1.82) is 0 Å².